The first-order chi connectivity index (χ1) is 6.76. The first-order valence-corrected chi connectivity index (χ1v) is 6.85. The van der Waals surface area contributed by atoms with Crippen LogP contribution in [0.4, 0.5) is 0 Å². The molecule has 0 amide bonds. The van der Waals surface area contributed by atoms with Crippen LogP contribution in [0.25, 0.3) is 0 Å². The van der Waals surface area contributed by atoms with Crippen molar-refractivity contribution in [1.29, 1.82) is 0 Å². The first kappa shape index (κ1) is 12.3. The molecule has 1 rings (SSSR count). The molecule has 0 spiro atoms. The Hall–Kier alpha value is 0.270. The highest BCUT2D eigenvalue weighted by Gasteiger charge is 2.26. The summed E-state index contributed by atoms with van der Waals surface area (Å²) in [5.41, 5.74) is -0.0206. The van der Waals surface area contributed by atoms with E-state index in [1.165, 1.54) is 17.9 Å². The lowest BCUT2D eigenvalue weighted by atomic mass is 9.93. The van der Waals surface area contributed by atoms with E-state index in [4.69, 9.17) is 0 Å². The zero-order valence-corrected chi connectivity index (χ0v) is 10.2. The van der Waals surface area contributed by atoms with Crippen molar-refractivity contribution in [2.75, 3.05) is 24.7 Å². The second-order valence-corrected chi connectivity index (χ2v) is 5.41. The summed E-state index contributed by atoms with van der Waals surface area (Å²) in [6.45, 7) is 5.64. The van der Waals surface area contributed by atoms with Gasteiger partial charge in [-0.3, -0.25) is 0 Å². The van der Waals surface area contributed by atoms with Crippen LogP contribution in [0.1, 0.15) is 33.1 Å². The third kappa shape index (κ3) is 3.14. The Morgan fingerprint density at radius 2 is 2.14 bits per heavy atom. The molecule has 0 saturated carbocycles. The number of hydrogen-bond acceptors (Lipinski definition) is 3. The standard InChI is InChI=1S/C11H23NOS/c1-3-11(4-2,9-13)12-7-10-5-6-14-8-10/h10,12-13H,3-9H2,1-2H3. The van der Waals surface area contributed by atoms with Gasteiger partial charge in [-0.15, -0.1) is 0 Å². The number of hydrogen-bond donors (Lipinski definition) is 2. The summed E-state index contributed by atoms with van der Waals surface area (Å²) in [7, 11) is 0. The molecule has 84 valence electrons. The van der Waals surface area contributed by atoms with E-state index in [-0.39, 0.29) is 12.1 Å². The molecule has 3 heteroatoms. The molecule has 1 aliphatic rings. The maximum Gasteiger partial charge on any atom is 0.0613 e. The minimum Gasteiger partial charge on any atom is -0.394 e. The van der Waals surface area contributed by atoms with E-state index in [9.17, 15) is 5.11 Å². The van der Waals surface area contributed by atoms with Crippen molar-refractivity contribution in [3.63, 3.8) is 0 Å². The topological polar surface area (TPSA) is 32.3 Å². The van der Waals surface area contributed by atoms with Crippen LogP contribution in [-0.4, -0.2) is 35.3 Å². The lowest BCUT2D eigenvalue weighted by Crippen LogP contribution is -2.49. The molecule has 0 aliphatic carbocycles. The molecule has 1 atom stereocenters. The number of aliphatic hydroxyl groups excluding tert-OH is 1. The fourth-order valence-corrected chi connectivity index (χ4v) is 3.17. The quantitative estimate of drug-likeness (QED) is 0.712. The predicted molar refractivity (Wildman–Crippen MR) is 63.8 cm³/mol. The molecule has 14 heavy (non-hydrogen) atoms. The van der Waals surface area contributed by atoms with Crippen molar-refractivity contribution in [3.8, 4) is 0 Å². The Bertz CT molecular complexity index is 145. The Morgan fingerprint density at radius 1 is 1.43 bits per heavy atom. The van der Waals surface area contributed by atoms with Crippen molar-refractivity contribution in [1.82, 2.24) is 5.32 Å². The second-order valence-electron chi connectivity index (χ2n) is 4.26. The number of nitrogens with one attached hydrogen (secondary N) is 1. The highest BCUT2D eigenvalue weighted by atomic mass is 32.2. The summed E-state index contributed by atoms with van der Waals surface area (Å²) in [5, 5.41) is 12.9. The largest absolute Gasteiger partial charge is 0.394 e. The van der Waals surface area contributed by atoms with E-state index in [0.717, 1.165) is 25.3 Å². The highest BCUT2D eigenvalue weighted by Crippen LogP contribution is 2.24. The maximum atomic E-state index is 9.38. The van der Waals surface area contributed by atoms with Crippen molar-refractivity contribution in [2.45, 2.75) is 38.6 Å². The van der Waals surface area contributed by atoms with Crippen molar-refractivity contribution >= 4 is 11.8 Å². The highest BCUT2D eigenvalue weighted by molar-refractivity contribution is 7.99. The van der Waals surface area contributed by atoms with E-state index in [0.29, 0.717) is 0 Å². The number of thioether (sulfide) groups is 1. The molecule has 0 radical (unpaired) electrons. The smallest absolute Gasteiger partial charge is 0.0613 e. The lowest BCUT2D eigenvalue weighted by molar-refractivity contribution is 0.147. The fraction of sp³-hybridized carbons (Fsp3) is 1.00. The molecule has 2 nitrogen and oxygen atoms in total. The molecule has 0 aromatic heterocycles. The van der Waals surface area contributed by atoms with Crippen LogP contribution in [-0.2, 0) is 0 Å². The molecule has 1 unspecified atom stereocenters. The van der Waals surface area contributed by atoms with Crippen molar-refractivity contribution in [2.24, 2.45) is 5.92 Å². The second kappa shape index (κ2) is 5.99. The summed E-state index contributed by atoms with van der Waals surface area (Å²) in [6, 6.07) is 0. The molecule has 0 bridgehead atoms. The van der Waals surface area contributed by atoms with Crippen LogP contribution in [0.3, 0.4) is 0 Å². The molecule has 0 aromatic rings. The van der Waals surface area contributed by atoms with Crippen LogP contribution in [0.2, 0.25) is 0 Å². The fourth-order valence-electron chi connectivity index (χ4n) is 1.88. The SMILES string of the molecule is CCC(CC)(CO)NCC1CCSC1. The Labute approximate surface area is 91.9 Å². The van der Waals surface area contributed by atoms with Crippen LogP contribution < -0.4 is 5.32 Å². The van der Waals surface area contributed by atoms with Gasteiger partial charge in [0, 0.05) is 5.54 Å². The summed E-state index contributed by atoms with van der Waals surface area (Å²) in [6.07, 6.45) is 3.37. The molecule has 2 N–H and O–H groups in total. The molecule has 1 saturated heterocycles. The Morgan fingerprint density at radius 3 is 2.57 bits per heavy atom. The predicted octanol–water partition coefficient (Wildman–Crippen LogP) is 1.88. The van der Waals surface area contributed by atoms with Gasteiger partial charge in [-0.05, 0) is 43.2 Å². The van der Waals surface area contributed by atoms with E-state index in [2.05, 4.69) is 30.9 Å². The molecular formula is C11H23NOS. The van der Waals surface area contributed by atoms with E-state index < -0.39 is 0 Å². The minimum atomic E-state index is -0.0206. The Balaban J connectivity index is 2.31. The van der Waals surface area contributed by atoms with Crippen molar-refractivity contribution < 1.29 is 5.11 Å². The normalized spacial score (nSPS) is 22.9. The molecular weight excluding hydrogens is 194 g/mol. The first-order valence-electron chi connectivity index (χ1n) is 5.70. The van der Waals surface area contributed by atoms with E-state index in [1.54, 1.807) is 0 Å². The number of rotatable bonds is 6. The maximum absolute atomic E-state index is 9.38. The van der Waals surface area contributed by atoms with Gasteiger partial charge in [0.1, 0.15) is 0 Å². The summed E-state index contributed by atoms with van der Waals surface area (Å²) >= 11 is 2.05. The zero-order valence-electron chi connectivity index (χ0n) is 9.38. The van der Waals surface area contributed by atoms with Crippen LogP contribution >= 0.6 is 11.8 Å². The van der Waals surface area contributed by atoms with Gasteiger partial charge in [-0.2, -0.15) is 11.8 Å². The number of aliphatic hydroxyl groups is 1. The molecule has 1 aliphatic heterocycles. The summed E-state index contributed by atoms with van der Waals surface area (Å²) in [5.74, 6) is 3.43. The monoisotopic (exact) mass is 217 g/mol. The molecule has 1 heterocycles. The third-order valence-electron chi connectivity index (χ3n) is 3.45. The lowest BCUT2D eigenvalue weighted by Gasteiger charge is -2.32. The van der Waals surface area contributed by atoms with E-state index in [1.807, 2.05) is 0 Å². The van der Waals surface area contributed by atoms with Gasteiger partial charge in [0.15, 0.2) is 0 Å². The zero-order chi connectivity index (χ0) is 10.4. The van der Waals surface area contributed by atoms with Gasteiger partial charge < -0.3 is 10.4 Å². The van der Waals surface area contributed by atoms with Crippen LogP contribution in [0.5, 0.6) is 0 Å². The average molecular weight is 217 g/mol. The molecule has 0 aromatic carbocycles. The van der Waals surface area contributed by atoms with Gasteiger partial charge in [0.05, 0.1) is 6.61 Å². The van der Waals surface area contributed by atoms with Gasteiger partial charge >= 0.3 is 0 Å². The van der Waals surface area contributed by atoms with Gasteiger partial charge in [-0.1, -0.05) is 13.8 Å². The van der Waals surface area contributed by atoms with Gasteiger partial charge in [-0.25, -0.2) is 0 Å². The van der Waals surface area contributed by atoms with E-state index >= 15 is 0 Å². The minimum absolute atomic E-state index is 0.0206. The Kier molecular flexibility index (Phi) is 5.28. The molecule has 1 fully saturated rings. The summed E-state index contributed by atoms with van der Waals surface area (Å²) in [4.78, 5) is 0. The van der Waals surface area contributed by atoms with Crippen LogP contribution in [0.15, 0.2) is 0 Å². The average Bonchev–Trinajstić information content (AvgIpc) is 2.74. The van der Waals surface area contributed by atoms with Crippen molar-refractivity contribution in [3.05, 3.63) is 0 Å². The van der Waals surface area contributed by atoms with Gasteiger partial charge in [0.2, 0.25) is 0 Å². The van der Waals surface area contributed by atoms with Gasteiger partial charge in [0.25, 0.3) is 0 Å². The third-order valence-corrected chi connectivity index (χ3v) is 4.68. The summed E-state index contributed by atoms with van der Waals surface area (Å²) < 4.78 is 0. The van der Waals surface area contributed by atoms with Crippen LogP contribution in [0, 0.1) is 5.92 Å².